The summed E-state index contributed by atoms with van der Waals surface area (Å²) in [5, 5.41) is 3.80. The lowest BCUT2D eigenvalue weighted by molar-refractivity contribution is 0.155. The van der Waals surface area contributed by atoms with Crippen molar-refractivity contribution < 1.29 is 4.42 Å². The molecule has 3 nitrogen and oxygen atoms in total. The van der Waals surface area contributed by atoms with Gasteiger partial charge in [-0.15, -0.1) is 0 Å². The maximum absolute atomic E-state index is 5.50. The van der Waals surface area contributed by atoms with Gasteiger partial charge in [-0.3, -0.25) is 4.90 Å². The highest BCUT2D eigenvalue weighted by atomic mass is 16.3. The quantitative estimate of drug-likeness (QED) is 0.904. The summed E-state index contributed by atoms with van der Waals surface area (Å²) in [5.74, 6) is 2.00. The van der Waals surface area contributed by atoms with E-state index in [0.717, 1.165) is 24.6 Å². The van der Waals surface area contributed by atoms with Gasteiger partial charge in [-0.1, -0.05) is 0 Å². The lowest BCUT2D eigenvalue weighted by atomic mass is 9.94. The molecule has 0 spiro atoms. The molecule has 3 rings (SSSR count). The largest absolute Gasteiger partial charge is 0.469 e. The molecule has 19 heavy (non-hydrogen) atoms. The van der Waals surface area contributed by atoms with Crippen molar-refractivity contribution in [2.75, 3.05) is 19.6 Å². The topological polar surface area (TPSA) is 28.4 Å². The van der Waals surface area contributed by atoms with E-state index < -0.39 is 0 Å². The first-order valence-corrected chi connectivity index (χ1v) is 7.69. The molecule has 1 saturated heterocycles. The summed E-state index contributed by atoms with van der Waals surface area (Å²) in [6.07, 6.45) is 6.87. The van der Waals surface area contributed by atoms with Crippen molar-refractivity contribution in [2.24, 2.45) is 5.92 Å². The molecule has 106 valence electrons. The van der Waals surface area contributed by atoms with Gasteiger partial charge in [0.2, 0.25) is 0 Å². The molecular formula is C16H26N2O. The summed E-state index contributed by atoms with van der Waals surface area (Å²) in [7, 11) is 0. The number of nitrogens with one attached hydrogen (secondary N) is 1. The van der Waals surface area contributed by atoms with E-state index in [-0.39, 0.29) is 0 Å². The Labute approximate surface area is 116 Å². The second kappa shape index (κ2) is 5.29. The highest BCUT2D eigenvalue weighted by Crippen LogP contribution is 2.40. The minimum atomic E-state index is 0.327. The molecule has 1 aromatic rings. The molecule has 0 amide bonds. The minimum absolute atomic E-state index is 0.327. The maximum Gasteiger partial charge on any atom is 0.105 e. The van der Waals surface area contributed by atoms with Gasteiger partial charge in [0.1, 0.15) is 5.76 Å². The highest BCUT2D eigenvalue weighted by Gasteiger charge is 2.43. The summed E-state index contributed by atoms with van der Waals surface area (Å²) in [6.45, 7) is 8.30. The van der Waals surface area contributed by atoms with Crippen LogP contribution in [-0.2, 0) is 6.42 Å². The van der Waals surface area contributed by atoms with Gasteiger partial charge in [0.15, 0.2) is 0 Å². The van der Waals surface area contributed by atoms with Crippen LogP contribution in [0.1, 0.15) is 38.9 Å². The molecule has 0 radical (unpaired) electrons. The van der Waals surface area contributed by atoms with E-state index >= 15 is 0 Å². The van der Waals surface area contributed by atoms with E-state index in [2.05, 4.69) is 30.1 Å². The average Bonchev–Trinajstić information content (AvgIpc) is 3.16. The maximum atomic E-state index is 5.50. The molecule has 0 aromatic carbocycles. The van der Waals surface area contributed by atoms with E-state index in [0.29, 0.717) is 11.6 Å². The smallest absolute Gasteiger partial charge is 0.105 e. The Morgan fingerprint density at radius 3 is 3.05 bits per heavy atom. The standard InChI is InChI=1S/C16H26N2O/c1-13(11-15-5-3-10-19-15)18-9-4-8-17-16(2,12-18)14-6-7-14/h3,5,10,13-14,17H,4,6-9,11-12H2,1-2H3. The second-order valence-electron chi connectivity index (χ2n) is 6.58. The summed E-state index contributed by atoms with van der Waals surface area (Å²) < 4.78 is 5.50. The molecule has 2 unspecified atom stereocenters. The second-order valence-corrected chi connectivity index (χ2v) is 6.58. The van der Waals surface area contributed by atoms with Crippen molar-refractivity contribution in [1.82, 2.24) is 10.2 Å². The van der Waals surface area contributed by atoms with Crippen LogP contribution in [0.2, 0.25) is 0 Å². The normalized spacial score (nSPS) is 31.1. The SMILES string of the molecule is CC(Cc1ccco1)N1CCCNC(C)(C2CC2)C1. The monoisotopic (exact) mass is 262 g/mol. The van der Waals surface area contributed by atoms with Gasteiger partial charge in [0.25, 0.3) is 0 Å². The molecule has 1 N–H and O–H groups in total. The fraction of sp³-hybridized carbons (Fsp3) is 0.750. The average molecular weight is 262 g/mol. The zero-order valence-electron chi connectivity index (χ0n) is 12.2. The number of hydrogen-bond donors (Lipinski definition) is 1. The van der Waals surface area contributed by atoms with Crippen LogP contribution in [0.4, 0.5) is 0 Å². The molecule has 3 heteroatoms. The number of hydrogen-bond acceptors (Lipinski definition) is 3. The molecule has 2 heterocycles. The molecule has 0 bridgehead atoms. The predicted molar refractivity (Wildman–Crippen MR) is 77.2 cm³/mol. The van der Waals surface area contributed by atoms with E-state index in [4.69, 9.17) is 4.42 Å². The van der Waals surface area contributed by atoms with E-state index in [1.165, 1.54) is 32.4 Å². The van der Waals surface area contributed by atoms with Gasteiger partial charge < -0.3 is 9.73 Å². The molecular weight excluding hydrogens is 236 g/mol. The van der Waals surface area contributed by atoms with Crippen LogP contribution in [0.3, 0.4) is 0 Å². The lowest BCUT2D eigenvalue weighted by Crippen LogP contribution is -2.52. The third-order valence-corrected chi connectivity index (χ3v) is 4.86. The van der Waals surface area contributed by atoms with Crippen LogP contribution in [0, 0.1) is 5.92 Å². The van der Waals surface area contributed by atoms with Crippen LogP contribution in [0.25, 0.3) is 0 Å². The summed E-state index contributed by atoms with van der Waals surface area (Å²) >= 11 is 0. The Kier molecular flexibility index (Phi) is 3.68. The van der Waals surface area contributed by atoms with E-state index in [1.807, 2.05) is 6.07 Å². The Hall–Kier alpha value is -0.800. The summed E-state index contributed by atoms with van der Waals surface area (Å²) in [4.78, 5) is 2.65. The zero-order valence-corrected chi connectivity index (χ0v) is 12.2. The van der Waals surface area contributed by atoms with Gasteiger partial charge >= 0.3 is 0 Å². The molecule has 2 aliphatic rings. The number of nitrogens with zero attached hydrogens (tertiary/aromatic N) is 1. The Morgan fingerprint density at radius 2 is 2.37 bits per heavy atom. The fourth-order valence-corrected chi connectivity index (χ4v) is 3.43. The Morgan fingerprint density at radius 1 is 1.53 bits per heavy atom. The van der Waals surface area contributed by atoms with Crippen LogP contribution >= 0.6 is 0 Å². The zero-order chi connectivity index (χ0) is 13.3. The molecule has 1 saturated carbocycles. The lowest BCUT2D eigenvalue weighted by Gasteiger charge is -2.36. The molecule has 1 aliphatic carbocycles. The Bertz CT molecular complexity index is 399. The third-order valence-electron chi connectivity index (χ3n) is 4.86. The van der Waals surface area contributed by atoms with E-state index in [1.54, 1.807) is 6.26 Å². The van der Waals surface area contributed by atoms with Crippen molar-refractivity contribution in [3.63, 3.8) is 0 Å². The van der Waals surface area contributed by atoms with Gasteiger partial charge in [-0.2, -0.15) is 0 Å². The fourth-order valence-electron chi connectivity index (χ4n) is 3.43. The molecule has 1 aliphatic heterocycles. The summed E-state index contributed by atoms with van der Waals surface area (Å²) in [6, 6.07) is 4.64. The molecule has 1 aromatic heterocycles. The van der Waals surface area contributed by atoms with Crippen LogP contribution in [-0.4, -0.2) is 36.1 Å². The van der Waals surface area contributed by atoms with Crippen LogP contribution < -0.4 is 5.32 Å². The van der Waals surface area contributed by atoms with Crippen molar-refractivity contribution in [3.05, 3.63) is 24.2 Å². The Balaban J connectivity index is 1.64. The van der Waals surface area contributed by atoms with E-state index in [9.17, 15) is 0 Å². The van der Waals surface area contributed by atoms with Crippen molar-refractivity contribution >= 4 is 0 Å². The number of rotatable bonds is 4. The molecule has 2 atom stereocenters. The van der Waals surface area contributed by atoms with Gasteiger partial charge in [-0.05, 0) is 64.3 Å². The van der Waals surface area contributed by atoms with Crippen LogP contribution in [0.5, 0.6) is 0 Å². The third kappa shape index (κ3) is 3.03. The summed E-state index contributed by atoms with van der Waals surface area (Å²) in [5.41, 5.74) is 0.327. The van der Waals surface area contributed by atoms with Gasteiger partial charge in [-0.25, -0.2) is 0 Å². The predicted octanol–water partition coefficient (Wildman–Crippen LogP) is 2.67. The van der Waals surface area contributed by atoms with Gasteiger partial charge in [0, 0.05) is 24.5 Å². The van der Waals surface area contributed by atoms with Crippen molar-refractivity contribution in [2.45, 2.75) is 51.1 Å². The van der Waals surface area contributed by atoms with Crippen molar-refractivity contribution in [1.29, 1.82) is 0 Å². The highest BCUT2D eigenvalue weighted by molar-refractivity contribution is 5.04. The first-order chi connectivity index (χ1) is 9.17. The number of furan rings is 1. The van der Waals surface area contributed by atoms with Crippen molar-refractivity contribution in [3.8, 4) is 0 Å². The van der Waals surface area contributed by atoms with Gasteiger partial charge in [0.05, 0.1) is 6.26 Å². The molecule has 2 fully saturated rings. The minimum Gasteiger partial charge on any atom is -0.469 e. The first-order valence-electron chi connectivity index (χ1n) is 7.69. The first kappa shape index (κ1) is 13.2. The van der Waals surface area contributed by atoms with Crippen LogP contribution in [0.15, 0.2) is 22.8 Å².